The number of hydrogen-bond acceptors (Lipinski definition) is 9. The van der Waals surface area contributed by atoms with Crippen LogP contribution < -0.4 is 16.0 Å². The summed E-state index contributed by atoms with van der Waals surface area (Å²) >= 11 is 0. The van der Waals surface area contributed by atoms with Gasteiger partial charge in [0.25, 0.3) is 0 Å². The van der Waals surface area contributed by atoms with Crippen molar-refractivity contribution in [2.24, 2.45) is 0 Å². The average molecular weight is 474 g/mol. The molecule has 0 spiro atoms. The first-order chi connectivity index (χ1) is 15.4. The van der Waals surface area contributed by atoms with Gasteiger partial charge in [0.1, 0.15) is 0 Å². The number of nitrogens with zero attached hydrogens (tertiary/aromatic N) is 1. The molecule has 32 heavy (non-hydrogen) atoms. The Bertz CT molecular complexity index is 1050. The second-order valence-electron chi connectivity index (χ2n) is 7.19. The van der Waals surface area contributed by atoms with Crippen molar-refractivity contribution in [3.8, 4) is 5.75 Å². The molecule has 0 radical (unpaired) electrons. The maximum atomic E-state index is 13.6. The van der Waals surface area contributed by atoms with Gasteiger partial charge in [-0.2, -0.15) is 0 Å². The monoisotopic (exact) mass is 474 g/mol. The first kappa shape index (κ1) is 23.0. The summed E-state index contributed by atoms with van der Waals surface area (Å²) in [7, 11) is -3.96. The van der Waals surface area contributed by atoms with Gasteiger partial charge in [0.05, 0.1) is 0 Å². The van der Waals surface area contributed by atoms with E-state index in [1.807, 2.05) is 11.9 Å². The summed E-state index contributed by atoms with van der Waals surface area (Å²) < 4.78 is 47.4. The minimum absolute atomic E-state index is 0.0192. The van der Waals surface area contributed by atoms with Gasteiger partial charge in [0.15, 0.2) is 0 Å². The first-order valence-electron chi connectivity index (χ1n) is 10.0. The van der Waals surface area contributed by atoms with Gasteiger partial charge < -0.3 is 0 Å². The normalized spacial score (nSPS) is 25.3. The Hall–Kier alpha value is -2.18. The van der Waals surface area contributed by atoms with Crippen LogP contribution in [0.3, 0.4) is 0 Å². The molecular formula is C19H24FN2O9P. The third kappa shape index (κ3) is 5.24. The Morgan fingerprint density at radius 1 is 1.28 bits per heavy atom. The second kappa shape index (κ2) is 9.75. The van der Waals surface area contributed by atoms with Crippen molar-refractivity contribution < 1.29 is 37.1 Å². The fraction of sp³-hybridized carbons (Fsp3) is 0.474. The summed E-state index contributed by atoms with van der Waals surface area (Å²) in [5.74, 6) is -0.474. The molecule has 11 nitrogen and oxygen atoms in total. The van der Waals surface area contributed by atoms with Crippen LogP contribution in [0.5, 0.6) is 5.75 Å². The maximum absolute atomic E-state index is 13.6. The number of rotatable bonds is 8. The molecule has 0 unspecified atom stereocenters. The number of aromatic nitrogens is 2. The zero-order valence-electron chi connectivity index (χ0n) is 17.2. The standard InChI is InChI=1S/C19H24FN2O9P/c1-2-26-11-27-13-5-3-12(4-6-13)9-28-32(25)29-10-16-15(31-32)7-17(30-16)22-8-14(20)18(23)21-19(22)24/h3-6,8,15-17,25,32H,2,7,9-11H2,1H3,(H,21,23,24)/t15-,16+,17+/m0/s1. The zero-order valence-corrected chi connectivity index (χ0v) is 18.2. The van der Waals surface area contributed by atoms with Gasteiger partial charge in [-0.25, -0.2) is 0 Å². The molecule has 0 aliphatic carbocycles. The third-order valence-corrected chi connectivity index (χ3v) is 6.64. The topological polar surface area (TPSA) is 130 Å². The molecule has 3 heterocycles. The number of H-pyrrole nitrogens is 1. The number of aromatic amines is 1. The number of fused-ring (bicyclic) bond motifs is 1. The predicted octanol–water partition coefficient (Wildman–Crippen LogP) is 1.37. The summed E-state index contributed by atoms with van der Waals surface area (Å²) in [5.41, 5.74) is -1.15. The molecule has 4 rings (SSSR count). The molecular weight excluding hydrogens is 450 g/mol. The molecule has 2 aliphatic heterocycles. The number of nitrogens with one attached hydrogen (secondary N) is 1. The van der Waals surface area contributed by atoms with Gasteiger partial charge in [-0.15, -0.1) is 0 Å². The number of benzene rings is 1. The quantitative estimate of drug-likeness (QED) is 0.331. The van der Waals surface area contributed by atoms with E-state index in [2.05, 4.69) is 0 Å². The number of halogens is 1. The van der Waals surface area contributed by atoms with Crippen LogP contribution in [-0.4, -0.2) is 46.7 Å². The van der Waals surface area contributed by atoms with E-state index in [-0.39, 0.29) is 26.4 Å². The van der Waals surface area contributed by atoms with Crippen molar-refractivity contribution in [2.45, 2.75) is 38.4 Å². The van der Waals surface area contributed by atoms with E-state index in [1.54, 1.807) is 24.3 Å². The molecule has 1 aromatic carbocycles. The minimum atomic E-state index is -3.96. The molecule has 0 saturated carbocycles. The first-order valence-corrected chi connectivity index (χ1v) is 11.7. The summed E-state index contributed by atoms with van der Waals surface area (Å²) in [6.45, 7) is 2.61. The van der Waals surface area contributed by atoms with Crippen LogP contribution >= 0.6 is 8.17 Å². The Kier molecular flexibility index (Phi) is 7.01. The Balaban J connectivity index is 1.34. The van der Waals surface area contributed by atoms with E-state index >= 15 is 0 Å². The fourth-order valence-corrected chi connectivity index (χ4v) is 4.93. The number of ether oxygens (including phenoxy) is 3. The van der Waals surface area contributed by atoms with E-state index in [0.717, 1.165) is 16.3 Å². The second-order valence-corrected chi connectivity index (χ2v) is 9.05. The molecule has 0 bridgehead atoms. The molecule has 13 heteroatoms. The van der Waals surface area contributed by atoms with Crippen LogP contribution in [0.25, 0.3) is 0 Å². The van der Waals surface area contributed by atoms with Gasteiger partial charge >= 0.3 is 182 Å². The van der Waals surface area contributed by atoms with Gasteiger partial charge in [0, 0.05) is 0 Å². The van der Waals surface area contributed by atoms with E-state index in [9.17, 15) is 18.9 Å². The molecule has 2 aliphatic rings. The molecule has 2 saturated heterocycles. The van der Waals surface area contributed by atoms with E-state index in [1.165, 1.54) is 0 Å². The molecule has 2 aromatic rings. The van der Waals surface area contributed by atoms with Crippen molar-refractivity contribution in [3.63, 3.8) is 0 Å². The van der Waals surface area contributed by atoms with Crippen molar-refractivity contribution in [1.29, 1.82) is 0 Å². The van der Waals surface area contributed by atoms with Crippen molar-refractivity contribution in [2.75, 3.05) is 20.0 Å². The van der Waals surface area contributed by atoms with Crippen LogP contribution in [0.1, 0.15) is 25.1 Å². The van der Waals surface area contributed by atoms with Gasteiger partial charge in [0.2, 0.25) is 0 Å². The summed E-state index contributed by atoms with van der Waals surface area (Å²) in [6, 6.07) is 7.05. The predicted molar refractivity (Wildman–Crippen MR) is 110 cm³/mol. The third-order valence-electron chi connectivity index (χ3n) is 5.00. The molecule has 2 N–H and O–H groups in total. The molecule has 3 atom stereocenters. The van der Waals surface area contributed by atoms with Crippen LogP contribution in [0.2, 0.25) is 0 Å². The van der Waals surface area contributed by atoms with E-state index < -0.39 is 43.7 Å². The Labute approximate surface area is 182 Å². The van der Waals surface area contributed by atoms with E-state index in [4.69, 9.17) is 27.8 Å². The van der Waals surface area contributed by atoms with Gasteiger partial charge in [-0.1, -0.05) is 0 Å². The SMILES string of the molecule is CCOCOc1ccc(CO[PH]2(O)OC[C@H]3O[C@@H](n4cc(F)c(=O)[nH]c4=O)C[C@@H]3O2)cc1. The van der Waals surface area contributed by atoms with Crippen LogP contribution in [0, 0.1) is 5.82 Å². The zero-order chi connectivity index (χ0) is 22.7. The van der Waals surface area contributed by atoms with Crippen molar-refractivity contribution in [3.05, 3.63) is 62.7 Å². The van der Waals surface area contributed by atoms with Gasteiger partial charge in [-0.05, 0) is 0 Å². The molecule has 1 aromatic heterocycles. The van der Waals surface area contributed by atoms with Crippen LogP contribution in [-0.2, 0) is 29.7 Å². The molecule has 2 fully saturated rings. The van der Waals surface area contributed by atoms with E-state index in [0.29, 0.717) is 12.4 Å². The number of hydrogen-bond donors (Lipinski definition) is 2. The van der Waals surface area contributed by atoms with Crippen molar-refractivity contribution >= 4 is 8.17 Å². The average Bonchev–Trinajstić information content (AvgIpc) is 3.18. The fourth-order valence-electron chi connectivity index (χ4n) is 3.36. The summed E-state index contributed by atoms with van der Waals surface area (Å²) in [6.07, 6.45) is -1.16. The van der Waals surface area contributed by atoms with Crippen molar-refractivity contribution in [1.82, 2.24) is 9.55 Å². The Morgan fingerprint density at radius 2 is 2.06 bits per heavy atom. The molecule has 176 valence electrons. The molecule has 0 amide bonds. The van der Waals surface area contributed by atoms with Crippen LogP contribution in [0.15, 0.2) is 40.1 Å². The Morgan fingerprint density at radius 3 is 2.81 bits per heavy atom. The van der Waals surface area contributed by atoms with Crippen LogP contribution in [0.4, 0.5) is 4.39 Å². The van der Waals surface area contributed by atoms with Gasteiger partial charge in [-0.3, -0.25) is 0 Å². The summed E-state index contributed by atoms with van der Waals surface area (Å²) in [5, 5.41) is 0. The summed E-state index contributed by atoms with van der Waals surface area (Å²) in [4.78, 5) is 35.8.